The van der Waals surface area contributed by atoms with Crippen LogP contribution in [0.2, 0.25) is 0 Å². The number of thioether (sulfide) groups is 1. The summed E-state index contributed by atoms with van der Waals surface area (Å²) in [5.41, 5.74) is 0.135. The minimum atomic E-state index is -4.48. The van der Waals surface area contributed by atoms with E-state index in [1.165, 1.54) is 62.0 Å². The topological polar surface area (TPSA) is 82.1 Å². The molecule has 0 fully saturated rings. The quantitative estimate of drug-likeness (QED) is 0.0693. The first kappa shape index (κ1) is 32.2. The van der Waals surface area contributed by atoms with Gasteiger partial charge in [0.05, 0.1) is 12.7 Å². The van der Waals surface area contributed by atoms with Crippen molar-refractivity contribution < 1.29 is 28.6 Å². The van der Waals surface area contributed by atoms with Crippen LogP contribution in [0.1, 0.15) is 109 Å². The Labute approximate surface area is 217 Å². The number of rotatable bonds is 22. The van der Waals surface area contributed by atoms with Crippen molar-refractivity contribution in [1.82, 2.24) is 0 Å². The van der Waals surface area contributed by atoms with E-state index in [0.717, 1.165) is 19.3 Å². The van der Waals surface area contributed by atoms with E-state index in [9.17, 15) is 14.3 Å². The van der Waals surface area contributed by atoms with Gasteiger partial charge in [0, 0.05) is 0 Å². The molecular weight excluding hydrogens is 483 g/mol. The van der Waals surface area contributed by atoms with Gasteiger partial charge in [-0.05, 0) is 62.0 Å². The lowest BCUT2D eigenvalue weighted by atomic mass is 9.91. The highest BCUT2D eigenvalue weighted by Crippen LogP contribution is 2.46. The van der Waals surface area contributed by atoms with E-state index in [4.69, 9.17) is 4.52 Å². The standard InChI is InChI=1S/C27H47O6PS/c1-4-6-17-26(25-18-13-11-14-19-25)20-23-35-22-15-10-8-7-9-12-16-24(3)33-34(29,30)27(28)32-31-21-5-2/h11,13-14,18-19,24,26H,4-10,12,15-17,20-23H2,1-3H3,(H,29,30). The minimum Gasteiger partial charge on any atom is -0.316 e. The third kappa shape index (κ3) is 15.8. The predicted octanol–water partition coefficient (Wildman–Crippen LogP) is 8.88. The number of carbonyl (C=O) groups is 1. The molecule has 8 heteroatoms. The normalized spacial score (nSPS) is 14.9. The van der Waals surface area contributed by atoms with Crippen LogP contribution in [0.25, 0.3) is 0 Å². The van der Waals surface area contributed by atoms with Gasteiger partial charge in [-0.2, -0.15) is 16.6 Å². The van der Waals surface area contributed by atoms with Crippen molar-refractivity contribution in [2.45, 2.75) is 110 Å². The second-order valence-corrected chi connectivity index (χ2v) is 12.0. The van der Waals surface area contributed by atoms with Crippen molar-refractivity contribution in [2.24, 2.45) is 0 Å². The van der Waals surface area contributed by atoms with Gasteiger partial charge in [-0.3, -0.25) is 9.41 Å². The fourth-order valence-electron chi connectivity index (χ4n) is 3.89. The molecule has 0 saturated carbocycles. The van der Waals surface area contributed by atoms with Crippen molar-refractivity contribution >= 4 is 25.1 Å². The number of benzene rings is 1. The number of carbonyl (C=O) groups excluding carboxylic acids is 1. The maximum absolute atomic E-state index is 11.9. The zero-order valence-corrected chi connectivity index (χ0v) is 23.7. The molecule has 1 rings (SSSR count). The second-order valence-electron chi connectivity index (χ2n) is 9.17. The van der Waals surface area contributed by atoms with Crippen LogP contribution in [-0.4, -0.2) is 34.8 Å². The van der Waals surface area contributed by atoms with Gasteiger partial charge in [0.15, 0.2) is 0 Å². The SMILES string of the molecule is CCCCC(CCSCCCCCCCCC(C)OP(=O)(O)C(=O)OOCCC)c1ccccc1. The first-order valence-corrected chi connectivity index (χ1v) is 16.1. The molecular formula is C27H47O6PS. The van der Waals surface area contributed by atoms with Gasteiger partial charge in [0.25, 0.3) is 0 Å². The average molecular weight is 531 g/mol. The Hall–Kier alpha value is -0.850. The van der Waals surface area contributed by atoms with Gasteiger partial charge in [-0.15, -0.1) is 0 Å². The molecule has 0 amide bonds. The van der Waals surface area contributed by atoms with Crippen LogP contribution in [0.5, 0.6) is 0 Å². The zero-order valence-electron chi connectivity index (χ0n) is 22.0. The van der Waals surface area contributed by atoms with Crippen molar-refractivity contribution in [3.8, 4) is 0 Å². The van der Waals surface area contributed by atoms with Crippen LogP contribution in [0.15, 0.2) is 30.3 Å². The van der Waals surface area contributed by atoms with Crippen LogP contribution in [0, 0.1) is 0 Å². The van der Waals surface area contributed by atoms with E-state index in [0.29, 0.717) is 18.8 Å². The second kappa shape index (κ2) is 20.2. The summed E-state index contributed by atoms with van der Waals surface area (Å²) < 4.78 is 17.0. The zero-order chi connectivity index (χ0) is 25.8. The Kier molecular flexibility index (Phi) is 18.6. The lowest BCUT2D eigenvalue weighted by Gasteiger charge is -2.17. The highest BCUT2D eigenvalue weighted by molar-refractivity contribution is 7.99. The molecule has 0 aliphatic heterocycles. The summed E-state index contributed by atoms with van der Waals surface area (Å²) in [6.07, 6.45) is 12.7. The minimum absolute atomic E-state index is 0.174. The van der Waals surface area contributed by atoms with Crippen LogP contribution in [0.4, 0.5) is 4.79 Å². The molecule has 6 nitrogen and oxygen atoms in total. The molecule has 0 spiro atoms. The van der Waals surface area contributed by atoms with Crippen LogP contribution < -0.4 is 0 Å². The molecule has 35 heavy (non-hydrogen) atoms. The van der Waals surface area contributed by atoms with Crippen LogP contribution >= 0.6 is 19.4 Å². The smallest absolute Gasteiger partial charge is 0.316 e. The molecule has 0 aliphatic carbocycles. The van der Waals surface area contributed by atoms with E-state index >= 15 is 0 Å². The third-order valence-electron chi connectivity index (χ3n) is 5.91. The molecule has 0 aliphatic rings. The molecule has 1 N–H and O–H groups in total. The van der Waals surface area contributed by atoms with Crippen molar-refractivity contribution in [3.63, 3.8) is 0 Å². The predicted molar refractivity (Wildman–Crippen MR) is 146 cm³/mol. The van der Waals surface area contributed by atoms with Gasteiger partial charge >= 0.3 is 13.3 Å². The van der Waals surface area contributed by atoms with Crippen molar-refractivity contribution in [3.05, 3.63) is 35.9 Å². The largest absolute Gasteiger partial charge is 0.452 e. The van der Waals surface area contributed by atoms with Crippen molar-refractivity contribution in [1.29, 1.82) is 0 Å². The Balaban J connectivity index is 2.04. The Morgan fingerprint density at radius 2 is 1.60 bits per heavy atom. The number of unbranched alkanes of at least 4 members (excludes halogenated alkanes) is 6. The van der Waals surface area contributed by atoms with E-state index in [1.807, 2.05) is 6.92 Å². The van der Waals surface area contributed by atoms with Crippen molar-refractivity contribution in [2.75, 3.05) is 18.1 Å². The summed E-state index contributed by atoms with van der Waals surface area (Å²) >= 11 is 2.08. The number of hydrogen-bond acceptors (Lipinski definition) is 6. The molecule has 0 bridgehead atoms. The maximum Gasteiger partial charge on any atom is 0.452 e. The van der Waals surface area contributed by atoms with Gasteiger partial charge in [0.1, 0.15) is 0 Å². The molecule has 202 valence electrons. The Bertz CT molecular complexity index is 702. The van der Waals surface area contributed by atoms with E-state index in [-0.39, 0.29) is 6.61 Å². The fourth-order valence-corrected chi connectivity index (χ4v) is 5.78. The molecule has 3 unspecified atom stereocenters. The maximum atomic E-state index is 11.9. The van der Waals surface area contributed by atoms with Gasteiger partial charge in [0.2, 0.25) is 0 Å². The summed E-state index contributed by atoms with van der Waals surface area (Å²) in [4.78, 5) is 30.2. The summed E-state index contributed by atoms with van der Waals surface area (Å²) in [7, 11) is -4.48. The lowest BCUT2D eigenvalue weighted by molar-refractivity contribution is -0.231. The summed E-state index contributed by atoms with van der Waals surface area (Å²) in [5.74, 6) is 3.15. The molecule has 0 radical (unpaired) electrons. The first-order chi connectivity index (χ1) is 16.9. The Morgan fingerprint density at radius 1 is 0.914 bits per heavy atom. The summed E-state index contributed by atoms with van der Waals surface area (Å²) in [6.45, 7) is 5.97. The molecule has 3 atom stereocenters. The Morgan fingerprint density at radius 3 is 2.29 bits per heavy atom. The number of hydrogen-bond donors (Lipinski definition) is 1. The summed E-state index contributed by atoms with van der Waals surface area (Å²) in [5, 5.41) is 0. The third-order valence-corrected chi connectivity index (χ3v) is 8.19. The van der Waals surface area contributed by atoms with Crippen LogP contribution in [0.3, 0.4) is 0 Å². The monoisotopic (exact) mass is 530 g/mol. The molecule has 1 aromatic carbocycles. The fraction of sp³-hybridized carbons (Fsp3) is 0.741. The summed E-state index contributed by atoms with van der Waals surface area (Å²) in [6, 6.07) is 11.0. The highest BCUT2D eigenvalue weighted by Gasteiger charge is 2.36. The highest BCUT2D eigenvalue weighted by atomic mass is 32.2. The molecule has 0 aromatic heterocycles. The van der Waals surface area contributed by atoms with E-state index < -0.39 is 19.4 Å². The van der Waals surface area contributed by atoms with E-state index in [1.54, 1.807) is 6.92 Å². The molecule has 0 heterocycles. The first-order valence-electron chi connectivity index (χ1n) is 13.4. The van der Waals surface area contributed by atoms with Gasteiger partial charge in [-0.25, -0.2) is 9.36 Å². The van der Waals surface area contributed by atoms with Crippen LogP contribution in [-0.2, 0) is 18.9 Å². The van der Waals surface area contributed by atoms with Gasteiger partial charge < -0.3 is 4.89 Å². The molecule has 1 aromatic rings. The lowest BCUT2D eigenvalue weighted by Crippen LogP contribution is -2.13. The molecule has 0 saturated heterocycles. The van der Waals surface area contributed by atoms with E-state index in [2.05, 4.69) is 58.8 Å². The van der Waals surface area contributed by atoms with Gasteiger partial charge in [-0.1, -0.05) is 89.1 Å². The average Bonchev–Trinajstić information content (AvgIpc) is 2.84.